The molecule has 1 aliphatic rings. The van der Waals surface area contributed by atoms with Crippen molar-refractivity contribution in [1.29, 1.82) is 0 Å². The molecule has 3 N–H and O–H groups in total. The van der Waals surface area contributed by atoms with Gasteiger partial charge in [0.25, 0.3) is 5.91 Å². The van der Waals surface area contributed by atoms with Gasteiger partial charge in [0.2, 0.25) is 0 Å². The predicted molar refractivity (Wildman–Crippen MR) is 78.2 cm³/mol. The van der Waals surface area contributed by atoms with E-state index in [1.165, 1.54) is 17.3 Å². The van der Waals surface area contributed by atoms with Crippen LogP contribution in [0.4, 0.5) is 5.69 Å². The van der Waals surface area contributed by atoms with Gasteiger partial charge in [0.1, 0.15) is 0 Å². The summed E-state index contributed by atoms with van der Waals surface area (Å²) in [6.45, 7) is 0. The first-order chi connectivity index (χ1) is 9.75. The van der Waals surface area contributed by atoms with Crippen LogP contribution in [0.2, 0.25) is 0 Å². The molecule has 102 valence electrons. The number of aryl methyl sites for hydroxylation is 1. The molecule has 0 aliphatic heterocycles. The lowest BCUT2D eigenvalue weighted by Gasteiger charge is -2.26. The van der Waals surface area contributed by atoms with Crippen LogP contribution in [-0.2, 0) is 6.42 Å². The van der Waals surface area contributed by atoms with Crippen LogP contribution in [0.15, 0.2) is 42.7 Å². The van der Waals surface area contributed by atoms with Crippen molar-refractivity contribution >= 4 is 11.6 Å². The SMILES string of the molecule is Nc1cnccc1C(=O)NC1CCCc2ccccc21. The molecule has 0 saturated carbocycles. The summed E-state index contributed by atoms with van der Waals surface area (Å²) in [5.74, 6) is -0.133. The number of amides is 1. The van der Waals surface area contributed by atoms with Crippen molar-refractivity contribution in [3.8, 4) is 0 Å². The second kappa shape index (κ2) is 5.33. The number of pyridine rings is 1. The van der Waals surface area contributed by atoms with E-state index in [0.717, 1.165) is 19.3 Å². The van der Waals surface area contributed by atoms with E-state index in [-0.39, 0.29) is 11.9 Å². The van der Waals surface area contributed by atoms with Crippen LogP contribution in [-0.4, -0.2) is 10.9 Å². The number of nitrogen functional groups attached to an aromatic ring is 1. The number of aromatic nitrogens is 1. The van der Waals surface area contributed by atoms with E-state index < -0.39 is 0 Å². The maximum Gasteiger partial charge on any atom is 0.253 e. The second-order valence-corrected chi connectivity index (χ2v) is 5.08. The summed E-state index contributed by atoms with van der Waals surface area (Å²) in [5.41, 5.74) is 9.25. The molecule has 1 amide bonds. The molecule has 1 aliphatic carbocycles. The van der Waals surface area contributed by atoms with Crippen molar-refractivity contribution in [3.05, 3.63) is 59.4 Å². The van der Waals surface area contributed by atoms with Gasteiger partial charge in [-0.05, 0) is 36.5 Å². The van der Waals surface area contributed by atoms with Gasteiger partial charge in [-0.15, -0.1) is 0 Å². The Bertz CT molecular complexity index is 639. The molecule has 3 rings (SSSR count). The zero-order valence-electron chi connectivity index (χ0n) is 11.2. The number of hydrogen-bond donors (Lipinski definition) is 2. The van der Waals surface area contributed by atoms with Crippen LogP contribution in [0.3, 0.4) is 0 Å². The van der Waals surface area contributed by atoms with E-state index in [2.05, 4.69) is 22.4 Å². The van der Waals surface area contributed by atoms with Crippen LogP contribution in [0.1, 0.15) is 40.4 Å². The standard InChI is InChI=1S/C16H17N3O/c17-14-10-18-9-8-13(14)16(20)19-15-7-3-5-11-4-1-2-6-12(11)15/h1-2,4,6,8-10,15H,3,5,7,17H2,(H,19,20). The summed E-state index contributed by atoms with van der Waals surface area (Å²) in [6.07, 6.45) is 6.23. The number of nitrogens with two attached hydrogens (primary N) is 1. The van der Waals surface area contributed by atoms with Gasteiger partial charge in [0.05, 0.1) is 23.5 Å². The number of hydrogen-bond acceptors (Lipinski definition) is 3. The maximum atomic E-state index is 12.3. The highest BCUT2D eigenvalue weighted by atomic mass is 16.1. The minimum absolute atomic E-state index is 0.0695. The third kappa shape index (κ3) is 2.37. The van der Waals surface area contributed by atoms with E-state index in [9.17, 15) is 4.79 Å². The summed E-state index contributed by atoms with van der Waals surface area (Å²) in [4.78, 5) is 16.2. The van der Waals surface area contributed by atoms with E-state index in [4.69, 9.17) is 5.73 Å². The summed E-state index contributed by atoms with van der Waals surface area (Å²) < 4.78 is 0. The lowest BCUT2D eigenvalue weighted by molar-refractivity contribution is 0.0933. The second-order valence-electron chi connectivity index (χ2n) is 5.08. The van der Waals surface area contributed by atoms with Crippen molar-refractivity contribution in [1.82, 2.24) is 10.3 Å². The molecule has 20 heavy (non-hydrogen) atoms. The Balaban J connectivity index is 1.83. The summed E-state index contributed by atoms with van der Waals surface area (Å²) >= 11 is 0. The first kappa shape index (κ1) is 12.7. The summed E-state index contributed by atoms with van der Waals surface area (Å²) in [6, 6.07) is 10.0. The van der Waals surface area contributed by atoms with Crippen LogP contribution in [0.5, 0.6) is 0 Å². The first-order valence-electron chi connectivity index (χ1n) is 6.84. The monoisotopic (exact) mass is 267 g/mol. The molecule has 2 aromatic rings. The smallest absolute Gasteiger partial charge is 0.253 e. The van der Waals surface area contributed by atoms with E-state index >= 15 is 0 Å². The summed E-state index contributed by atoms with van der Waals surface area (Å²) in [7, 11) is 0. The molecular formula is C16H17N3O. The average Bonchev–Trinajstić information content (AvgIpc) is 2.48. The molecule has 0 spiro atoms. The molecule has 4 nitrogen and oxygen atoms in total. The fourth-order valence-electron chi connectivity index (χ4n) is 2.75. The molecule has 1 atom stereocenters. The highest BCUT2D eigenvalue weighted by molar-refractivity contribution is 5.99. The predicted octanol–water partition coefficient (Wildman–Crippen LogP) is 2.47. The molecule has 0 radical (unpaired) electrons. The number of carbonyl (C=O) groups is 1. The van der Waals surface area contributed by atoms with Crippen molar-refractivity contribution < 1.29 is 4.79 Å². The normalized spacial score (nSPS) is 17.3. The lowest BCUT2D eigenvalue weighted by Crippen LogP contribution is -2.31. The number of benzene rings is 1. The summed E-state index contributed by atoms with van der Waals surface area (Å²) in [5, 5.41) is 3.09. The van der Waals surface area contributed by atoms with Gasteiger partial charge in [-0.25, -0.2) is 0 Å². The third-order valence-corrected chi connectivity index (χ3v) is 3.77. The van der Waals surface area contributed by atoms with E-state index in [1.807, 2.05) is 12.1 Å². The lowest BCUT2D eigenvalue weighted by atomic mass is 9.87. The van der Waals surface area contributed by atoms with E-state index in [1.54, 1.807) is 12.3 Å². The van der Waals surface area contributed by atoms with Gasteiger partial charge in [-0.2, -0.15) is 0 Å². The van der Waals surface area contributed by atoms with Crippen LogP contribution < -0.4 is 11.1 Å². The average molecular weight is 267 g/mol. The highest BCUT2D eigenvalue weighted by Gasteiger charge is 2.22. The Hall–Kier alpha value is -2.36. The van der Waals surface area contributed by atoms with Gasteiger partial charge in [-0.1, -0.05) is 24.3 Å². The van der Waals surface area contributed by atoms with Crippen LogP contribution >= 0.6 is 0 Å². The van der Waals surface area contributed by atoms with Gasteiger partial charge in [-0.3, -0.25) is 9.78 Å². The zero-order valence-corrected chi connectivity index (χ0v) is 11.2. The Morgan fingerprint density at radius 2 is 2.15 bits per heavy atom. The van der Waals surface area contributed by atoms with Crippen LogP contribution in [0.25, 0.3) is 0 Å². The number of rotatable bonds is 2. The molecule has 1 aromatic heterocycles. The van der Waals surface area contributed by atoms with E-state index in [0.29, 0.717) is 11.3 Å². The van der Waals surface area contributed by atoms with Crippen LogP contribution in [0, 0.1) is 0 Å². The van der Waals surface area contributed by atoms with Crippen molar-refractivity contribution in [3.63, 3.8) is 0 Å². The molecule has 0 fully saturated rings. The van der Waals surface area contributed by atoms with Gasteiger partial charge in [0, 0.05) is 6.20 Å². The van der Waals surface area contributed by atoms with Crippen molar-refractivity contribution in [2.24, 2.45) is 0 Å². The Labute approximate surface area is 118 Å². The number of anilines is 1. The van der Waals surface area contributed by atoms with Crippen molar-refractivity contribution in [2.75, 3.05) is 5.73 Å². The quantitative estimate of drug-likeness (QED) is 0.878. The Kier molecular flexibility index (Phi) is 3.37. The fraction of sp³-hybridized carbons (Fsp3) is 0.250. The maximum absolute atomic E-state index is 12.3. The van der Waals surface area contributed by atoms with Gasteiger partial charge in [0.15, 0.2) is 0 Å². The highest BCUT2D eigenvalue weighted by Crippen LogP contribution is 2.29. The molecule has 4 heteroatoms. The van der Waals surface area contributed by atoms with Gasteiger partial charge < -0.3 is 11.1 Å². The Morgan fingerprint density at radius 3 is 3.00 bits per heavy atom. The number of nitrogens with zero attached hydrogens (tertiary/aromatic N) is 1. The number of carbonyl (C=O) groups excluding carboxylic acids is 1. The molecule has 1 heterocycles. The molecule has 1 unspecified atom stereocenters. The topological polar surface area (TPSA) is 68.0 Å². The number of nitrogens with one attached hydrogen (secondary N) is 1. The molecular weight excluding hydrogens is 250 g/mol. The largest absolute Gasteiger partial charge is 0.397 e. The first-order valence-corrected chi connectivity index (χ1v) is 6.84. The fourth-order valence-corrected chi connectivity index (χ4v) is 2.75. The number of fused-ring (bicyclic) bond motifs is 1. The third-order valence-electron chi connectivity index (χ3n) is 3.77. The zero-order chi connectivity index (χ0) is 13.9. The minimum Gasteiger partial charge on any atom is -0.397 e. The Morgan fingerprint density at radius 1 is 1.30 bits per heavy atom. The molecule has 1 aromatic carbocycles. The molecule has 0 bridgehead atoms. The van der Waals surface area contributed by atoms with Gasteiger partial charge >= 0.3 is 0 Å². The minimum atomic E-state index is -0.133. The van der Waals surface area contributed by atoms with Crippen molar-refractivity contribution in [2.45, 2.75) is 25.3 Å². The molecule has 0 saturated heterocycles.